The summed E-state index contributed by atoms with van der Waals surface area (Å²) in [6, 6.07) is 7.12. The van der Waals surface area contributed by atoms with E-state index in [4.69, 9.17) is 16.3 Å². The highest BCUT2D eigenvalue weighted by Gasteiger charge is 2.30. The Morgan fingerprint density at radius 1 is 1.36 bits per heavy atom. The minimum atomic E-state index is -0.987. The summed E-state index contributed by atoms with van der Waals surface area (Å²) in [6.45, 7) is 3.55. The average molecular weight is 215 g/mol. The molecule has 0 saturated carbocycles. The maximum absolute atomic E-state index is 10.2. The third-order valence-corrected chi connectivity index (χ3v) is 2.83. The van der Waals surface area contributed by atoms with Gasteiger partial charge in [0.05, 0.1) is 6.10 Å². The van der Waals surface area contributed by atoms with E-state index < -0.39 is 5.60 Å². The van der Waals surface area contributed by atoms with Crippen LogP contribution in [-0.4, -0.2) is 18.3 Å². The van der Waals surface area contributed by atoms with E-state index in [2.05, 4.69) is 0 Å². The smallest absolute Gasteiger partial charge is 0.113 e. The molecule has 1 aromatic carbocycles. The molecule has 1 N–H and O–H groups in total. The van der Waals surface area contributed by atoms with Gasteiger partial charge in [0.15, 0.2) is 0 Å². The van der Waals surface area contributed by atoms with Crippen molar-refractivity contribution >= 4 is 11.6 Å². The van der Waals surface area contributed by atoms with Crippen LogP contribution in [0.15, 0.2) is 24.3 Å². The normalized spacial score (nSPS) is 17.5. The van der Waals surface area contributed by atoms with Crippen LogP contribution >= 0.6 is 11.6 Å². The number of ether oxygens (including phenoxy) is 1. The minimum Gasteiger partial charge on any atom is -0.383 e. The van der Waals surface area contributed by atoms with E-state index in [1.54, 1.807) is 38.3 Å². The summed E-state index contributed by atoms with van der Waals surface area (Å²) in [5.74, 6) is 0. The predicted octanol–water partition coefficient (Wildman–Crippen LogP) is 2.58. The molecule has 0 heterocycles. The highest BCUT2D eigenvalue weighted by atomic mass is 35.5. The van der Waals surface area contributed by atoms with Crippen molar-refractivity contribution in [1.82, 2.24) is 0 Å². The van der Waals surface area contributed by atoms with Gasteiger partial charge in [-0.15, -0.1) is 0 Å². The quantitative estimate of drug-likeness (QED) is 0.838. The predicted molar refractivity (Wildman–Crippen MR) is 57.5 cm³/mol. The molecular weight excluding hydrogens is 200 g/mol. The molecular formula is C11H15ClO2. The van der Waals surface area contributed by atoms with Crippen LogP contribution in [0.5, 0.6) is 0 Å². The van der Waals surface area contributed by atoms with Crippen LogP contribution in [0.4, 0.5) is 0 Å². The third kappa shape index (κ3) is 2.27. The Morgan fingerprint density at radius 2 is 1.86 bits per heavy atom. The van der Waals surface area contributed by atoms with Crippen molar-refractivity contribution in [2.24, 2.45) is 0 Å². The monoisotopic (exact) mass is 214 g/mol. The Morgan fingerprint density at radius 3 is 2.29 bits per heavy atom. The molecule has 0 spiro atoms. The van der Waals surface area contributed by atoms with Crippen molar-refractivity contribution in [3.8, 4) is 0 Å². The van der Waals surface area contributed by atoms with E-state index >= 15 is 0 Å². The highest BCUT2D eigenvalue weighted by Crippen LogP contribution is 2.27. The number of methoxy groups -OCH3 is 1. The van der Waals surface area contributed by atoms with Gasteiger partial charge < -0.3 is 9.84 Å². The van der Waals surface area contributed by atoms with Gasteiger partial charge in [-0.1, -0.05) is 23.7 Å². The van der Waals surface area contributed by atoms with Crippen LogP contribution in [0.3, 0.4) is 0 Å². The van der Waals surface area contributed by atoms with Gasteiger partial charge in [0.25, 0.3) is 0 Å². The van der Waals surface area contributed by atoms with Gasteiger partial charge in [-0.3, -0.25) is 0 Å². The van der Waals surface area contributed by atoms with Gasteiger partial charge in [-0.2, -0.15) is 0 Å². The van der Waals surface area contributed by atoms with Gasteiger partial charge >= 0.3 is 0 Å². The first-order chi connectivity index (χ1) is 6.48. The van der Waals surface area contributed by atoms with Gasteiger partial charge in [0.2, 0.25) is 0 Å². The molecule has 0 aromatic heterocycles. The summed E-state index contributed by atoms with van der Waals surface area (Å²) in [6.07, 6.45) is -0.260. The molecule has 0 fully saturated rings. The lowest BCUT2D eigenvalue weighted by Crippen LogP contribution is -2.35. The summed E-state index contributed by atoms with van der Waals surface area (Å²) < 4.78 is 5.12. The molecule has 0 aliphatic rings. The Bertz CT molecular complexity index is 293. The molecule has 2 unspecified atom stereocenters. The van der Waals surface area contributed by atoms with Crippen molar-refractivity contribution in [3.63, 3.8) is 0 Å². The van der Waals surface area contributed by atoms with E-state index in [1.807, 2.05) is 6.92 Å². The first-order valence-corrected chi connectivity index (χ1v) is 4.87. The second-order valence-electron chi connectivity index (χ2n) is 3.53. The summed E-state index contributed by atoms with van der Waals surface area (Å²) >= 11 is 5.76. The van der Waals surface area contributed by atoms with Gasteiger partial charge in [-0.25, -0.2) is 0 Å². The van der Waals surface area contributed by atoms with Crippen molar-refractivity contribution in [1.29, 1.82) is 0 Å². The maximum Gasteiger partial charge on any atom is 0.113 e. The maximum atomic E-state index is 10.2. The third-order valence-electron chi connectivity index (χ3n) is 2.57. The molecule has 78 valence electrons. The zero-order valence-electron chi connectivity index (χ0n) is 8.62. The van der Waals surface area contributed by atoms with Crippen molar-refractivity contribution in [2.75, 3.05) is 7.11 Å². The second-order valence-corrected chi connectivity index (χ2v) is 3.97. The molecule has 0 bridgehead atoms. The molecule has 0 aliphatic carbocycles. The Balaban J connectivity index is 2.97. The van der Waals surface area contributed by atoms with Crippen molar-refractivity contribution in [2.45, 2.75) is 25.6 Å². The molecule has 0 aliphatic heterocycles. The lowest BCUT2D eigenvalue weighted by atomic mass is 9.91. The number of hydrogen-bond donors (Lipinski definition) is 1. The van der Waals surface area contributed by atoms with E-state index in [9.17, 15) is 5.11 Å². The first kappa shape index (κ1) is 11.5. The average Bonchev–Trinajstić information content (AvgIpc) is 2.17. The molecule has 2 nitrogen and oxygen atoms in total. The summed E-state index contributed by atoms with van der Waals surface area (Å²) in [7, 11) is 1.58. The van der Waals surface area contributed by atoms with Gasteiger partial charge in [-0.05, 0) is 31.5 Å². The summed E-state index contributed by atoms with van der Waals surface area (Å²) in [4.78, 5) is 0. The van der Waals surface area contributed by atoms with Crippen LogP contribution in [0, 0.1) is 0 Å². The van der Waals surface area contributed by atoms with Crippen LogP contribution in [0.25, 0.3) is 0 Å². The van der Waals surface area contributed by atoms with Crippen LogP contribution in [0.1, 0.15) is 19.4 Å². The second kappa shape index (κ2) is 4.30. The Labute approximate surface area is 89.5 Å². The molecule has 1 aromatic rings. The summed E-state index contributed by atoms with van der Waals surface area (Å²) in [5, 5.41) is 10.8. The fraction of sp³-hybridized carbons (Fsp3) is 0.455. The van der Waals surface area contributed by atoms with Crippen molar-refractivity contribution in [3.05, 3.63) is 34.9 Å². The van der Waals surface area contributed by atoms with E-state index in [-0.39, 0.29) is 6.10 Å². The SMILES string of the molecule is COC(C)C(C)(O)c1ccc(Cl)cc1. The number of halogens is 1. The topological polar surface area (TPSA) is 29.5 Å². The first-order valence-electron chi connectivity index (χ1n) is 4.49. The molecule has 1 rings (SSSR count). The molecule has 3 heteroatoms. The fourth-order valence-corrected chi connectivity index (χ4v) is 1.38. The minimum absolute atomic E-state index is 0.260. The molecule has 0 amide bonds. The van der Waals surface area contributed by atoms with E-state index in [0.717, 1.165) is 5.56 Å². The van der Waals surface area contributed by atoms with Crippen molar-refractivity contribution < 1.29 is 9.84 Å². The molecule has 0 radical (unpaired) electrons. The lowest BCUT2D eigenvalue weighted by molar-refractivity contribution is -0.0771. The van der Waals surface area contributed by atoms with E-state index in [0.29, 0.717) is 5.02 Å². The zero-order valence-corrected chi connectivity index (χ0v) is 9.38. The lowest BCUT2D eigenvalue weighted by Gasteiger charge is -2.29. The van der Waals surface area contributed by atoms with Crippen LogP contribution in [-0.2, 0) is 10.3 Å². The zero-order chi connectivity index (χ0) is 10.8. The molecule has 2 atom stereocenters. The largest absolute Gasteiger partial charge is 0.383 e. The summed E-state index contributed by atoms with van der Waals surface area (Å²) in [5.41, 5.74) is -0.185. The fourth-order valence-electron chi connectivity index (χ4n) is 1.25. The van der Waals surface area contributed by atoms with E-state index in [1.165, 1.54) is 0 Å². The number of rotatable bonds is 3. The number of hydrogen-bond acceptors (Lipinski definition) is 2. The highest BCUT2D eigenvalue weighted by molar-refractivity contribution is 6.30. The molecule has 0 saturated heterocycles. The van der Waals surface area contributed by atoms with Crippen LogP contribution in [0.2, 0.25) is 5.02 Å². The molecule has 14 heavy (non-hydrogen) atoms. The number of aliphatic hydroxyl groups is 1. The van der Waals surface area contributed by atoms with Gasteiger partial charge in [0.1, 0.15) is 5.60 Å². The van der Waals surface area contributed by atoms with Crippen LogP contribution < -0.4 is 0 Å². The standard InChI is InChI=1S/C11H15ClO2/c1-8(14-3)11(2,13)9-4-6-10(12)7-5-9/h4-8,13H,1-3H3. The Hall–Kier alpha value is -0.570. The van der Waals surface area contributed by atoms with Gasteiger partial charge in [0, 0.05) is 12.1 Å². The number of benzene rings is 1. The Kier molecular flexibility index (Phi) is 3.53.